The molecular formula is C14H9F2N3O3S. The lowest BCUT2D eigenvalue weighted by molar-refractivity contribution is 0.0880. The lowest BCUT2D eigenvalue weighted by atomic mass is 10.1. The van der Waals surface area contributed by atoms with Crippen LogP contribution < -0.4 is 16.6 Å². The van der Waals surface area contributed by atoms with Gasteiger partial charge in [-0.25, -0.2) is 0 Å². The lowest BCUT2D eigenvalue weighted by Crippen LogP contribution is -2.24. The minimum atomic E-state index is -2.55. The highest BCUT2D eigenvalue weighted by Crippen LogP contribution is 2.27. The van der Waals surface area contributed by atoms with E-state index in [0.717, 1.165) is 10.6 Å². The predicted molar refractivity (Wildman–Crippen MR) is 80.1 cm³/mol. The van der Waals surface area contributed by atoms with E-state index in [1.807, 2.05) is 0 Å². The summed E-state index contributed by atoms with van der Waals surface area (Å²) >= 11 is 0.371. The molecule has 3 rings (SSSR count). The highest BCUT2D eigenvalue weighted by Gasteiger charge is 2.31. The van der Waals surface area contributed by atoms with Gasteiger partial charge in [-0.2, -0.15) is 8.78 Å². The van der Waals surface area contributed by atoms with Crippen LogP contribution >= 0.6 is 11.8 Å². The fourth-order valence-electron chi connectivity index (χ4n) is 2.32. The zero-order valence-electron chi connectivity index (χ0n) is 11.4. The third-order valence-corrected chi connectivity index (χ3v) is 4.00. The van der Waals surface area contributed by atoms with E-state index in [4.69, 9.17) is 5.73 Å². The van der Waals surface area contributed by atoms with E-state index >= 15 is 0 Å². The van der Waals surface area contributed by atoms with Crippen LogP contribution in [-0.4, -0.2) is 22.1 Å². The van der Waals surface area contributed by atoms with Crippen molar-refractivity contribution in [3.8, 4) is 5.69 Å². The number of alkyl halides is 2. The molecule has 0 fully saturated rings. The van der Waals surface area contributed by atoms with Crippen molar-refractivity contribution in [1.82, 2.24) is 9.88 Å². The van der Waals surface area contributed by atoms with Gasteiger partial charge in [-0.05, 0) is 24.3 Å². The van der Waals surface area contributed by atoms with Gasteiger partial charge in [0.05, 0.1) is 16.8 Å². The zero-order chi connectivity index (χ0) is 16.7. The maximum Gasteiger partial charge on any atom is 0.288 e. The third kappa shape index (κ3) is 2.59. The summed E-state index contributed by atoms with van der Waals surface area (Å²) in [7, 11) is 0. The number of pyridine rings is 1. The van der Waals surface area contributed by atoms with E-state index in [9.17, 15) is 23.2 Å². The Bertz CT molecular complexity index is 878. The van der Waals surface area contributed by atoms with E-state index in [2.05, 4.69) is 5.32 Å². The van der Waals surface area contributed by atoms with Gasteiger partial charge in [0.1, 0.15) is 5.82 Å². The molecule has 0 aliphatic carbocycles. The number of imide groups is 1. The van der Waals surface area contributed by atoms with Crippen molar-refractivity contribution in [2.45, 2.75) is 10.7 Å². The van der Waals surface area contributed by atoms with E-state index in [1.54, 1.807) is 0 Å². The number of thioether (sulfide) groups is 1. The number of nitrogens with zero attached hydrogens (tertiary/aromatic N) is 1. The molecule has 118 valence electrons. The number of halogens is 2. The second-order valence-corrected chi connectivity index (χ2v) is 5.71. The molecule has 2 amide bonds. The van der Waals surface area contributed by atoms with Crippen LogP contribution in [0.4, 0.5) is 14.6 Å². The van der Waals surface area contributed by atoms with Crippen LogP contribution in [0.2, 0.25) is 0 Å². The minimum absolute atomic E-state index is 0.0689. The summed E-state index contributed by atoms with van der Waals surface area (Å²) in [4.78, 5) is 35.8. The topological polar surface area (TPSA) is 94.2 Å². The molecule has 6 nitrogen and oxygen atoms in total. The van der Waals surface area contributed by atoms with Gasteiger partial charge in [-0.3, -0.25) is 24.3 Å². The number of carbonyl (C=O) groups excluding carboxylic acids is 2. The zero-order valence-corrected chi connectivity index (χ0v) is 12.2. The molecule has 0 bridgehead atoms. The standard InChI is InChI=1S/C14H9F2N3O3S/c15-14(16)23-7-3-1-6(2-4-7)19-9(20)5-8-10(11(19)17)13(22)18-12(8)21/h1-5,14H,17H2,(H,18,21,22). The first-order valence-electron chi connectivity index (χ1n) is 6.35. The number of benzene rings is 1. The number of nitrogen functional groups attached to an aromatic ring is 1. The Hall–Kier alpha value is -2.68. The first-order valence-corrected chi connectivity index (χ1v) is 7.23. The normalized spacial score (nSPS) is 13.3. The van der Waals surface area contributed by atoms with Gasteiger partial charge in [0.25, 0.3) is 23.1 Å². The number of hydrogen-bond acceptors (Lipinski definition) is 5. The summed E-state index contributed by atoms with van der Waals surface area (Å²) < 4.78 is 25.7. The number of anilines is 1. The monoisotopic (exact) mass is 337 g/mol. The molecule has 0 radical (unpaired) electrons. The van der Waals surface area contributed by atoms with Crippen LogP contribution in [0.1, 0.15) is 20.7 Å². The molecule has 3 N–H and O–H groups in total. The van der Waals surface area contributed by atoms with Crippen molar-refractivity contribution in [2.75, 3.05) is 5.73 Å². The largest absolute Gasteiger partial charge is 0.384 e. The maximum absolute atomic E-state index is 12.3. The molecule has 1 aromatic heterocycles. The maximum atomic E-state index is 12.3. The van der Waals surface area contributed by atoms with Crippen LogP contribution in [0.3, 0.4) is 0 Å². The van der Waals surface area contributed by atoms with Crippen molar-refractivity contribution in [2.24, 2.45) is 0 Å². The Morgan fingerprint density at radius 3 is 2.35 bits per heavy atom. The molecule has 1 aromatic carbocycles. The number of nitrogens with one attached hydrogen (secondary N) is 1. The van der Waals surface area contributed by atoms with Gasteiger partial charge in [0, 0.05) is 11.0 Å². The molecule has 0 atom stereocenters. The van der Waals surface area contributed by atoms with Crippen molar-refractivity contribution < 1.29 is 18.4 Å². The Balaban J connectivity index is 2.11. The van der Waals surface area contributed by atoms with Crippen molar-refractivity contribution in [1.29, 1.82) is 0 Å². The Morgan fingerprint density at radius 2 is 1.74 bits per heavy atom. The summed E-state index contributed by atoms with van der Waals surface area (Å²) in [6.45, 7) is 0. The number of fused-ring (bicyclic) bond motifs is 1. The average molecular weight is 337 g/mol. The number of nitrogens with two attached hydrogens (primary N) is 1. The van der Waals surface area contributed by atoms with Gasteiger partial charge in [0.15, 0.2) is 0 Å². The summed E-state index contributed by atoms with van der Waals surface area (Å²) in [5.41, 5.74) is 5.43. The molecule has 2 aromatic rings. The summed E-state index contributed by atoms with van der Waals surface area (Å²) in [6, 6.07) is 6.72. The van der Waals surface area contributed by atoms with Gasteiger partial charge < -0.3 is 5.73 Å². The van der Waals surface area contributed by atoms with Crippen molar-refractivity contribution in [3.63, 3.8) is 0 Å². The molecule has 9 heteroatoms. The molecule has 0 spiro atoms. The Morgan fingerprint density at radius 1 is 1.09 bits per heavy atom. The fraction of sp³-hybridized carbons (Fsp3) is 0.0714. The van der Waals surface area contributed by atoms with E-state index in [0.29, 0.717) is 22.3 Å². The quantitative estimate of drug-likeness (QED) is 0.656. The SMILES string of the molecule is Nc1c2c(cc(=O)n1-c1ccc(SC(F)F)cc1)C(=O)NC2=O. The van der Waals surface area contributed by atoms with Gasteiger partial charge in [-0.15, -0.1) is 0 Å². The van der Waals surface area contributed by atoms with Crippen LogP contribution in [0.5, 0.6) is 0 Å². The van der Waals surface area contributed by atoms with Crippen molar-refractivity contribution >= 4 is 29.4 Å². The molecular weight excluding hydrogens is 328 g/mol. The second-order valence-electron chi connectivity index (χ2n) is 4.65. The fourth-order valence-corrected chi connectivity index (χ4v) is 2.82. The molecule has 0 unspecified atom stereocenters. The van der Waals surface area contributed by atoms with E-state index < -0.39 is 23.1 Å². The number of carbonyl (C=O) groups is 2. The Kier molecular flexibility index (Phi) is 3.64. The molecule has 1 aliphatic rings. The summed E-state index contributed by atoms with van der Waals surface area (Å²) in [6.07, 6.45) is 0. The average Bonchev–Trinajstić information content (AvgIpc) is 2.75. The van der Waals surface area contributed by atoms with Crippen LogP contribution in [0, 0.1) is 0 Å². The number of aromatic nitrogens is 1. The minimum Gasteiger partial charge on any atom is -0.384 e. The van der Waals surface area contributed by atoms with E-state index in [-0.39, 0.29) is 16.9 Å². The smallest absolute Gasteiger partial charge is 0.288 e. The van der Waals surface area contributed by atoms with Gasteiger partial charge in [-0.1, -0.05) is 11.8 Å². The predicted octanol–water partition coefficient (Wildman–Crippen LogP) is 1.62. The first-order chi connectivity index (χ1) is 10.9. The molecule has 2 heterocycles. The first kappa shape index (κ1) is 15.2. The molecule has 0 saturated heterocycles. The van der Waals surface area contributed by atoms with Crippen LogP contribution in [0.25, 0.3) is 5.69 Å². The lowest BCUT2D eigenvalue weighted by Gasteiger charge is -2.12. The number of hydrogen-bond donors (Lipinski definition) is 2. The Labute approximate surface area is 132 Å². The van der Waals surface area contributed by atoms with Crippen LogP contribution in [-0.2, 0) is 0 Å². The molecule has 1 aliphatic heterocycles. The van der Waals surface area contributed by atoms with Gasteiger partial charge >= 0.3 is 0 Å². The second kappa shape index (κ2) is 5.51. The third-order valence-electron chi connectivity index (χ3n) is 3.27. The molecule has 23 heavy (non-hydrogen) atoms. The summed E-state index contributed by atoms with van der Waals surface area (Å²) in [5, 5.41) is 2.06. The van der Waals surface area contributed by atoms with Crippen molar-refractivity contribution in [3.05, 3.63) is 51.8 Å². The highest BCUT2D eigenvalue weighted by molar-refractivity contribution is 7.99. The number of amides is 2. The summed E-state index contributed by atoms with van der Waals surface area (Å²) in [5.74, 6) is -4.08. The number of rotatable bonds is 3. The van der Waals surface area contributed by atoms with E-state index in [1.165, 1.54) is 24.3 Å². The van der Waals surface area contributed by atoms with Crippen LogP contribution in [0.15, 0.2) is 40.0 Å². The molecule has 0 saturated carbocycles. The van der Waals surface area contributed by atoms with Gasteiger partial charge in [0.2, 0.25) is 0 Å². The highest BCUT2D eigenvalue weighted by atomic mass is 32.2.